The molecule has 9 heteroatoms. The molecule has 2 aromatic carbocycles. The Bertz CT molecular complexity index is 1320. The Labute approximate surface area is 214 Å². The van der Waals surface area contributed by atoms with Gasteiger partial charge in [-0.2, -0.15) is 0 Å². The molecule has 3 aromatic rings. The van der Waals surface area contributed by atoms with Gasteiger partial charge in [0.05, 0.1) is 30.2 Å². The van der Waals surface area contributed by atoms with Crippen LogP contribution in [0.2, 0.25) is 0 Å². The van der Waals surface area contributed by atoms with Crippen LogP contribution in [0.25, 0.3) is 0 Å². The van der Waals surface area contributed by atoms with Gasteiger partial charge in [0, 0.05) is 13.0 Å². The van der Waals surface area contributed by atoms with E-state index in [9.17, 15) is 4.79 Å². The van der Waals surface area contributed by atoms with Crippen LogP contribution in [-0.2, 0) is 19.4 Å². The number of nitrogens with zero attached hydrogens (tertiary/aromatic N) is 5. The topological polar surface area (TPSA) is 63.0 Å². The highest BCUT2D eigenvalue weighted by atomic mass is 79.9. The van der Waals surface area contributed by atoms with E-state index in [0.29, 0.717) is 48.4 Å². The Hall–Kier alpha value is -2.65. The molecule has 6 rings (SSSR count). The van der Waals surface area contributed by atoms with E-state index in [1.54, 1.807) is 4.90 Å². The molecule has 0 spiro atoms. The maximum Gasteiger partial charge on any atom is 0.281 e. The SMILES string of the molecule is CCN1C(=O)c2c(nc(Br)n2Cc2cc(Br)c3c(c2)CCO3)N2CC(Cc3ccccc3)N=C12. The Morgan fingerprint density at radius 3 is 2.76 bits per heavy atom. The van der Waals surface area contributed by atoms with Crippen LogP contribution in [-0.4, -0.2) is 52.1 Å². The summed E-state index contributed by atoms with van der Waals surface area (Å²) in [5.74, 6) is 2.25. The second-order valence-corrected chi connectivity index (χ2v) is 10.3. The van der Waals surface area contributed by atoms with Crippen molar-refractivity contribution >= 4 is 49.5 Å². The molecule has 1 atom stereocenters. The molecule has 1 amide bonds. The number of amides is 1. The first-order valence-electron chi connectivity index (χ1n) is 11.4. The van der Waals surface area contributed by atoms with Gasteiger partial charge in [-0.25, -0.2) is 9.98 Å². The standard InChI is InChI=1S/C25H23Br2N5O2/c1-2-30-23(33)20-22(32-14-18(28-25(30)32)11-15-6-4-3-5-7-15)29-24(27)31(20)13-16-10-17-8-9-34-21(17)19(26)12-16/h3-7,10,12,18H,2,8-9,11,13-14H2,1H3. The molecule has 0 saturated carbocycles. The van der Waals surface area contributed by atoms with E-state index in [1.165, 1.54) is 11.1 Å². The van der Waals surface area contributed by atoms with Crippen molar-refractivity contribution in [1.29, 1.82) is 0 Å². The van der Waals surface area contributed by atoms with E-state index in [-0.39, 0.29) is 11.9 Å². The molecule has 1 unspecified atom stereocenters. The number of hydrogen-bond acceptors (Lipinski definition) is 5. The van der Waals surface area contributed by atoms with Crippen molar-refractivity contribution in [2.24, 2.45) is 4.99 Å². The molecule has 174 valence electrons. The number of carbonyl (C=O) groups is 1. The summed E-state index contributed by atoms with van der Waals surface area (Å²) in [6, 6.07) is 14.7. The van der Waals surface area contributed by atoms with Crippen LogP contribution < -0.4 is 9.64 Å². The lowest BCUT2D eigenvalue weighted by atomic mass is 10.1. The van der Waals surface area contributed by atoms with Crippen molar-refractivity contribution in [3.8, 4) is 5.75 Å². The molecule has 0 radical (unpaired) electrons. The second kappa shape index (κ2) is 8.53. The van der Waals surface area contributed by atoms with Gasteiger partial charge in [0.25, 0.3) is 5.91 Å². The lowest BCUT2D eigenvalue weighted by Gasteiger charge is -2.33. The predicted octanol–water partition coefficient (Wildman–Crippen LogP) is 4.65. The van der Waals surface area contributed by atoms with Crippen LogP contribution in [0.1, 0.15) is 34.1 Å². The van der Waals surface area contributed by atoms with Crippen LogP contribution in [0.5, 0.6) is 5.75 Å². The number of aromatic nitrogens is 2. The van der Waals surface area contributed by atoms with Crippen molar-refractivity contribution in [2.75, 3.05) is 24.6 Å². The number of fused-ring (bicyclic) bond motifs is 4. The molecule has 0 fully saturated rings. The van der Waals surface area contributed by atoms with E-state index in [0.717, 1.165) is 28.6 Å². The number of imidazole rings is 1. The Morgan fingerprint density at radius 1 is 1.15 bits per heavy atom. The van der Waals surface area contributed by atoms with E-state index < -0.39 is 0 Å². The number of halogens is 2. The van der Waals surface area contributed by atoms with Gasteiger partial charge >= 0.3 is 0 Å². The first-order valence-corrected chi connectivity index (χ1v) is 13.0. The average Bonchev–Trinajstić information content (AvgIpc) is 3.53. The molecule has 3 aliphatic rings. The van der Waals surface area contributed by atoms with E-state index in [4.69, 9.17) is 14.7 Å². The van der Waals surface area contributed by atoms with Gasteiger partial charge in [0.15, 0.2) is 16.2 Å². The summed E-state index contributed by atoms with van der Waals surface area (Å²) < 4.78 is 9.27. The number of rotatable bonds is 5. The third-order valence-corrected chi connectivity index (χ3v) is 7.74. The molecule has 0 aliphatic carbocycles. The highest BCUT2D eigenvalue weighted by Crippen LogP contribution is 2.37. The lowest BCUT2D eigenvalue weighted by molar-refractivity contribution is 0.0836. The summed E-state index contributed by atoms with van der Waals surface area (Å²) in [5.41, 5.74) is 4.12. The van der Waals surface area contributed by atoms with Crippen LogP contribution >= 0.6 is 31.9 Å². The zero-order valence-electron chi connectivity index (χ0n) is 18.7. The number of hydrogen-bond donors (Lipinski definition) is 0. The third kappa shape index (κ3) is 3.56. The predicted molar refractivity (Wildman–Crippen MR) is 138 cm³/mol. The summed E-state index contributed by atoms with van der Waals surface area (Å²) in [7, 11) is 0. The number of benzene rings is 2. The summed E-state index contributed by atoms with van der Waals surface area (Å²) in [5, 5.41) is 0. The number of aliphatic imine (C=N–C) groups is 1. The number of anilines is 1. The summed E-state index contributed by atoms with van der Waals surface area (Å²) in [6.07, 6.45) is 1.72. The van der Waals surface area contributed by atoms with Crippen LogP contribution in [0.15, 0.2) is 56.7 Å². The lowest BCUT2D eigenvalue weighted by Crippen LogP contribution is -2.50. The first kappa shape index (κ1) is 21.9. The molecular weight excluding hydrogens is 562 g/mol. The Balaban J connectivity index is 1.35. The van der Waals surface area contributed by atoms with Crippen molar-refractivity contribution in [3.63, 3.8) is 0 Å². The molecule has 0 N–H and O–H groups in total. The van der Waals surface area contributed by atoms with E-state index in [1.807, 2.05) is 29.7 Å². The van der Waals surface area contributed by atoms with Gasteiger partial charge in [-0.05, 0) is 68.0 Å². The zero-order valence-corrected chi connectivity index (χ0v) is 21.8. The van der Waals surface area contributed by atoms with E-state index in [2.05, 4.69) is 61.0 Å². The molecule has 0 saturated heterocycles. The molecular formula is C25H23Br2N5O2. The molecule has 0 bridgehead atoms. The van der Waals surface area contributed by atoms with Crippen molar-refractivity contribution in [1.82, 2.24) is 14.5 Å². The highest BCUT2D eigenvalue weighted by molar-refractivity contribution is 9.10. The van der Waals surface area contributed by atoms with Crippen molar-refractivity contribution in [2.45, 2.75) is 32.4 Å². The minimum absolute atomic E-state index is 0.0605. The maximum atomic E-state index is 13.6. The third-order valence-electron chi connectivity index (χ3n) is 6.55. The van der Waals surface area contributed by atoms with Crippen LogP contribution in [0.4, 0.5) is 5.82 Å². The van der Waals surface area contributed by atoms with Gasteiger partial charge in [0.1, 0.15) is 5.75 Å². The molecule has 34 heavy (non-hydrogen) atoms. The van der Waals surface area contributed by atoms with E-state index >= 15 is 0 Å². The minimum atomic E-state index is -0.0605. The second-order valence-electron chi connectivity index (χ2n) is 8.74. The fraction of sp³-hybridized carbons (Fsp3) is 0.320. The number of guanidine groups is 1. The van der Waals surface area contributed by atoms with Crippen LogP contribution in [0, 0.1) is 0 Å². The summed E-state index contributed by atoms with van der Waals surface area (Å²) >= 11 is 7.27. The largest absolute Gasteiger partial charge is 0.492 e. The van der Waals surface area contributed by atoms with Crippen LogP contribution in [0.3, 0.4) is 0 Å². The molecule has 3 aliphatic heterocycles. The van der Waals surface area contributed by atoms with Gasteiger partial charge in [-0.15, -0.1) is 0 Å². The van der Waals surface area contributed by atoms with Gasteiger partial charge in [-0.1, -0.05) is 36.4 Å². The maximum absolute atomic E-state index is 13.6. The van der Waals surface area contributed by atoms with Gasteiger partial charge in [-0.3, -0.25) is 14.6 Å². The smallest absolute Gasteiger partial charge is 0.281 e. The molecule has 7 nitrogen and oxygen atoms in total. The fourth-order valence-corrected chi connectivity index (χ4v) is 6.15. The number of carbonyl (C=O) groups excluding carboxylic acids is 1. The number of ether oxygens (including phenoxy) is 1. The minimum Gasteiger partial charge on any atom is -0.492 e. The summed E-state index contributed by atoms with van der Waals surface area (Å²) in [4.78, 5) is 27.2. The fourth-order valence-electron chi connectivity index (χ4n) is 5.02. The Kier molecular flexibility index (Phi) is 5.49. The van der Waals surface area contributed by atoms with Gasteiger partial charge in [0.2, 0.25) is 5.96 Å². The normalized spacial score (nSPS) is 18.5. The van der Waals surface area contributed by atoms with Crippen molar-refractivity contribution in [3.05, 3.63) is 74.1 Å². The Morgan fingerprint density at radius 2 is 1.97 bits per heavy atom. The first-order chi connectivity index (χ1) is 16.5. The highest BCUT2D eigenvalue weighted by Gasteiger charge is 2.43. The van der Waals surface area contributed by atoms with Gasteiger partial charge < -0.3 is 9.30 Å². The molecule has 4 heterocycles. The zero-order chi connectivity index (χ0) is 23.4. The van der Waals surface area contributed by atoms with Crippen molar-refractivity contribution < 1.29 is 9.53 Å². The monoisotopic (exact) mass is 583 g/mol. The summed E-state index contributed by atoms with van der Waals surface area (Å²) in [6.45, 7) is 4.47. The quantitative estimate of drug-likeness (QED) is 0.438. The average molecular weight is 585 g/mol. The molecule has 1 aromatic heterocycles.